The highest BCUT2D eigenvalue weighted by atomic mass is 16.5. The summed E-state index contributed by atoms with van der Waals surface area (Å²) in [5, 5.41) is 2.87. The van der Waals surface area contributed by atoms with E-state index in [9.17, 15) is 4.79 Å². The van der Waals surface area contributed by atoms with Crippen molar-refractivity contribution in [1.82, 2.24) is 4.98 Å². The van der Waals surface area contributed by atoms with Crippen molar-refractivity contribution in [3.63, 3.8) is 0 Å². The number of benzene rings is 3. The summed E-state index contributed by atoms with van der Waals surface area (Å²) in [7, 11) is 3.09. The molecule has 4 rings (SSSR count). The van der Waals surface area contributed by atoms with E-state index >= 15 is 0 Å². The summed E-state index contributed by atoms with van der Waals surface area (Å²) >= 11 is 0. The van der Waals surface area contributed by atoms with Crippen molar-refractivity contribution in [1.29, 1.82) is 0 Å². The number of carbonyl (C=O) groups is 1. The number of fused-ring (bicyclic) bond motifs is 1. The van der Waals surface area contributed by atoms with Crippen molar-refractivity contribution >= 4 is 22.7 Å². The van der Waals surface area contributed by atoms with Gasteiger partial charge in [-0.2, -0.15) is 0 Å². The number of rotatable bonds is 5. The number of hydrogen-bond acceptors (Lipinski definition) is 5. The van der Waals surface area contributed by atoms with Crippen LogP contribution in [0, 0.1) is 6.92 Å². The van der Waals surface area contributed by atoms with Crippen molar-refractivity contribution in [2.24, 2.45) is 0 Å². The fourth-order valence-corrected chi connectivity index (χ4v) is 3.00. The van der Waals surface area contributed by atoms with Gasteiger partial charge in [-0.05, 0) is 61.0 Å². The van der Waals surface area contributed by atoms with E-state index in [0.717, 1.165) is 22.2 Å². The highest BCUT2D eigenvalue weighted by molar-refractivity contribution is 6.04. The van der Waals surface area contributed by atoms with Gasteiger partial charge in [-0.1, -0.05) is 6.07 Å². The molecule has 0 radical (unpaired) electrons. The van der Waals surface area contributed by atoms with Crippen LogP contribution in [0.3, 0.4) is 0 Å². The van der Waals surface area contributed by atoms with E-state index < -0.39 is 0 Å². The molecule has 0 spiro atoms. The molecule has 1 aromatic heterocycles. The van der Waals surface area contributed by atoms with E-state index in [1.54, 1.807) is 32.4 Å². The van der Waals surface area contributed by atoms with Crippen LogP contribution in [-0.2, 0) is 0 Å². The van der Waals surface area contributed by atoms with Crippen molar-refractivity contribution in [2.75, 3.05) is 19.5 Å². The third-order valence-corrected chi connectivity index (χ3v) is 4.55. The molecule has 1 N–H and O–H groups in total. The van der Waals surface area contributed by atoms with Crippen LogP contribution in [0.15, 0.2) is 65.1 Å². The van der Waals surface area contributed by atoms with Gasteiger partial charge >= 0.3 is 0 Å². The van der Waals surface area contributed by atoms with Crippen molar-refractivity contribution in [2.45, 2.75) is 6.92 Å². The second-order valence-corrected chi connectivity index (χ2v) is 6.62. The van der Waals surface area contributed by atoms with Gasteiger partial charge in [0.05, 0.1) is 14.2 Å². The normalized spacial score (nSPS) is 10.7. The number of aromatic nitrogens is 1. The molecule has 0 unspecified atom stereocenters. The number of aryl methyl sites for hydroxylation is 1. The number of oxazole rings is 1. The van der Waals surface area contributed by atoms with Gasteiger partial charge in [-0.3, -0.25) is 4.79 Å². The average molecular weight is 388 g/mol. The molecule has 1 amide bonds. The minimum atomic E-state index is -0.257. The Morgan fingerprint density at radius 2 is 1.62 bits per heavy atom. The number of hydrogen-bond donors (Lipinski definition) is 1. The number of nitrogens with one attached hydrogen (secondary N) is 1. The number of carbonyl (C=O) groups excluding carboxylic acids is 1. The van der Waals surface area contributed by atoms with E-state index in [1.807, 2.05) is 49.4 Å². The predicted octanol–water partition coefficient (Wildman–Crippen LogP) is 5.07. The Balaban J connectivity index is 1.54. The zero-order chi connectivity index (χ0) is 20.4. The lowest BCUT2D eigenvalue weighted by Gasteiger charge is -2.09. The molecule has 0 aliphatic rings. The van der Waals surface area contributed by atoms with Crippen LogP contribution in [0.25, 0.3) is 22.6 Å². The lowest BCUT2D eigenvalue weighted by Crippen LogP contribution is -2.12. The van der Waals surface area contributed by atoms with Gasteiger partial charge in [0.2, 0.25) is 5.89 Å². The molecule has 6 nitrogen and oxygen atoms in total. The fraction of sp³-hybridized carbons (Fsp3) is 0.130. The van der Waals surface area contributed by atoms with Gasteiger partial charge in [-0.25, -0.2) is 4.98 Å². The standard InChI is InChI=1S/C23H20N2O4/c1-14-4-9-21-20(10-14)25-23(29-21)15-5-7-17(8-6-15)24-22(26)16-11-18(27-2)13-19(12-16)28-3/h4-13H,1-3H3,(H,24,26). The Hall–Kier alpha value is -3.80. The van der Waals surface area contributed by atoms with E-state index in [0.29, 0.717) is 28.6 Å². The Labute approximate surface area is 168 Å². The fourth-order valence-electron chi connectivity index (χ4n) is 3.00. The first-order valence-corrected chi connectivity index (χ1v) is 9.08. The third kappa shape index (κ3) is 3.91. The Morgan fingerprint density at radius 3 is 2.28 bits per heavy atom. The van der Waals surface area contributed by atoms with Crippen LogP contribution in [-0.4, -0.2) is 25.1 Å². The van der Waals surface area contributed by atoms with Gasteiger partial charge in [0.1, 0.15) is 17.0 Å². The summed E-state index contributed by atoms with van der Waals surface area (Å²) in [5.41, 5.74) is 4.64. The van der Waals surface area contributed by atoms with Gasteiger partial charge < -0.3 is 19.2 Å². The molecule has 0 fully saturated rings. The Morgan fingerprint density at radius 1 is 0.931 bits per heavy atom. The van der Waals surface area contributed by atoms with Crippen molar-refractivity contribution in [3.05, 3.63) is 71.8 Å². The molecule has 1 heterocycles. The second kappa shape index (κ2) is 7.67. The summed E-state index contributed by atoms with van der Waals surface area (Å²) in [6.45, 7) is 2.02. The smallest absolute Gasteiger partial charge is 0.255 e. The molecule has 29 heavy (non-hydrogen) atoms. The summed E-state index contributed by atoms with van der Waals surface area (Å²) in [4.78, 5) is 17.1. The van der Waals surface area contributed by atoms with Crippen LogP contribution >= 0.6 is 0 Å². The maximum atomic E-state index is 12.6. The molecular weight excluding hydrogens is 368 g/mol. The van der Waals surface area contributed by atoms with E-state index in [1.165, 1.54) is 0 Å². The van der Waals surface area contributed by atoms with Crippen LogP contribution in [0.5, 0.6) is 11.5 Å². The number of nitrogens with zero attached hydrogens (tertiary/aromatic N) is 1. The largest absolute Gasteiger partial charge is 0.497 e. The lowest BCUT2D eigenvalue weighted by atomic mass is 10.1. The summed E-state index contributed by atoms with van der Waals surface area (Å²) in [6, 6.07) is 18.3. The monoisotopic (exact) mass is 388 g/mol. The maximum Gasteiger partial charge on any atom is 0.255 e. The van der Waals surface area contributed by atoms with Crippen LogP contribution in [0.4, 0.5) is 5.69 Å². The van der Waals surface area contributed by atoms with Crippen molar-refractivity contribution in [3.8, 4) is 23.0 Å². The summed E-state index contributed by atoms with van der Waals surface area (Å²) in [6.07, 6.45) is 0. The molecule has 0 aliphatic heterocycles. The minimum absolute atomic E-state index is 0.257. The van der Waals surface area contributed by atoms with Crippen LogP contribution in [0.1, 0.15) is 15.9 Å². The van der Waals surface area contributed by atoms with Crippen LogP contribution in [0.2, 0.25) is 0 Å². The first-order valence-electron chi connectivity index (χ1n) is 9.08. The number of amides is 1. The van der Waals surface area contributed by atoms with Crippen molar-refractivity contribution < 1.29 is 18.7 Å². The number of anilines is 1. The van der Waals surface area contributed by atoms with Gasteiger partial charge in [0.15, 0.2) is 5.58 Å². The van der Waals surface area contributed by atoms with E-state index in [4.69, 9.17) is 13.9 Å². The highest BCUT2D eigenvalue weighted by Crippen LogP contribution is 2.27. The second-order valence-electron chi connectivity index (χ2n) is 6.62. The molecule has 0 saturated heterocycles. The van der Waals surface area contributed by atoms with Gasteiger partial charge in [0.25, 0.3) is 5.91 Å². The maximum absolute atomic E-state index is 12.6. The molecule has 6 heteroatoms. The molecule has 146 valence electrons. The highest BCUT2D eigenvalue weighted by Gasteiger charge is 2.12. The topological polar surface area (TPSA) is 73.6 Å². The molecule has 0 atom stereocenters. The first kappa shape index (κ1) is 18.6. The first-order chi connectivity index (χ1) is 14.1. The Kier molecular flexibility index (Phi) is 4.91. The molecule has 4 aromatic rings. The lowest BCUT2D eigenvalue weighted by molar-refractivity contribution is 0.102. The van der Waals surface area contributed by atoms with E-state index in [-0.39, 0.29) is 5.91 Å². The van der Waals surface area contributed by atoms with Gasteiger partial charge in [-0.15, -0.1) is 0 Å². The Bertz CT molecular complexity index is 1160. The zero-order valence-electron chi connectivity index (χ0n) is 16.4. The third-order valence-electron chi connectivity index (χ3n) is 4.55. The molecular formula is C23H20N2O4. The average Bonchev–Trinajstić information content (AvgIpc) is 3.17. The number of methoxy groups -OCH3 is 2. The number of ether oxygens (including phenoxy) is 2. The molecule has 0 aliphatic carbocycles. The SMILES string of the molecule is COc1cc(OC)cc(C(=O)Nc2ccc(-c3nc4cc(C)ccc4o3)cc2)c1. The quantitative estimate of drug-likeness (QED) is 0.516. The van der Waals surface area contributed by atoms with Crippen LogP contribution < -0.4 is 14.8 Å². The van der Waals surface area contributed by atoms with Gasteiger partial charge in [0, 0.05) is 22.9 Å². The summed E-state index contributed by atoms with van der Waals surface area (Å²) in [5.74, 6) is 1.39. The van der Waals surface area contributed by atoms with E-state index in [2.05, 4.69) is 10.3 Å². The molecule has 0 saturated carbocycles. The molecule has 3 aromatic carbocycles. The zero-order valence-corrected chi connectivity index (χ0v) is 16.4. The molecule has 0 bridgehead atoms. The predicted molar refractivity (Wildman–Crippen MR) is 112 cm³/mol. The summed E-state index contributed by atoms with van der Waals surface area (Å²) < 4.78 is 16.3. The minimum Gasteiger partial charge on any atom is -0.497 e.